The topological polar surface area (TPSA) is 66.5 Å². The van der Waals surface area contributed by atoms with Gasteiger partial charge in [0, 0.05) is 6.54 Å². The summed E-state index contributed by atoms with van der Waals surface area (Å²) in [5.41, 5.74) is 1.42. The van der Waals surface area contributed by atoms with Crippen molar-refractivity contribution < 1.29 is 0 Å². The van der Waals surface area contributed by atoms with E-state index in [4.69, 9.17) is 11.6 Å². The summed E-state index contributed by atoms with van der Waals surface area (Å²) in [6.45, 7) is 0.925. The van der Waals surface area contributed by atoms with Crippen LogP contribution < -0.4 is 5.32 Å². The average Bonchev–Trinajstić information content (AvgIpc) is 2.95. The largest absolute Gasteiger partial charge is 0.368 e. The molecule has 1 aliphatic heterocycles. The Kier molecular flexibility index (Phi) is 3.07. The van der Waals surface area contributed by atoms with Gasteiger partial charge in [-0.1, -0.05) is 0 Å². The predicted octanol–water partition coefficient (Wildman–Crippen LogP) is 2.17. The first-order chi connectivity index (χ1) is 8.33. The molecule has 0 spiro atoms. The van der Waals surface area contributed by atoms with Crippen molar-refractivity contribution in [2.75, 3.05) is 23.4 Å². The second kappa shape index (κ2) is 4.70. The molecule has 2 aromatic rings. The van der Waals surface area contributed by atoms with Gasteiger partial charge in [0.05, 0.1) is 6.33 Å². The molecule has 1 aliphatic rings. The van der Waals surface area contributed by atoms with Crippen molar-refractivity contribution in [2.24, 2.45) is 5.92 Å². The number of halogens is 1. The minimum Gasteiger partial charge on any atom is -0.368 e. The van der Waals surface area contributed by atoms with E-state index >= 15 is 0 Å². The van der Waals surface area contributed by atoms with Crippen molar-refractivity contribution >= 4 is 40.3 Å². The molecule has 0 radical (unpaired) electrons. The van der Waals surface area contributed by atoms with Gasteiger partial charge in [0.2, 0.25) is 5.28 Å². The van der Waals surface area contributed by atoms with Gasteiger partial charge in [0.15, 0.2) is 11.5 Å². The summed E-state index contributed by atoms with van der Waals surface area (Å²) in [4.78, 5) is 15.4. The second-order valence-electron chi connectivity index (χ2n) is 4.05. The second-order valence-corrected chi connectivity index (χ2v) is 5.54. The SMILES string of the molecule is Clc1nc(NCC2CCSC2)c2[nH]cnc2n1. The smallest absolute Gasteiger partial charge is 0.226 e. The summed E-state index contributed by atoms with van der Waals surface area (Å²) in [5.74, 6) is 3.94. The van der Waals surface area contributed by atoms with Crippen molar-refractivity contribution in [3.05, 3.63) is 11.6 Å². The number of H-pyrrole nitrogens is 1. The summed E-state index contributed by atoms with van der Waals surface area (Å²) in [7, 11) is 0. The number of aromatic nitrogens is 4. The van der Waals surface area contributed by atoms with Gasteiger partial charge in [-0.25, -0.2) is 4.98 Å². The minimum absolute atomic E-state index is 0.230. The molecule has 0 amide bonds. The average molecular weight is 270 g/mol. The highest BCUT2D eigenvalue weighted by molar-refractivity contribution is 7.99. The van der Waals surface area contributed by atoms with E-state index in [-0.39, 0.29) is 5.28 Å². The highest BCUT2D eigenvalue weighted by Crippen LogP contribution is 2.25. The molecule has 2 aromatic heterocycles. The first-order valence-electron chi connectivity index (χ1n) is 5.51. The summed E-state index contributed by atoms with van der Waals surface area (Å²) < 4.78 is 0. The lowest BCUT2D eigenvalue weighted by Crippen LogP contribution is -2.14. The van der Waals surface area contributed by atoms with Crippen LogP contribution in [0.3, 0.4) is 0 Å². The monoisotopic (exact) mass is 269 g/mol. The van der Waals surface area contributed by atoms with E-state index in [9.17, 15) is 0 Å². The number of fused-ring (bicyclic) bond motifs is 1. The standard InChI is InChI=1S/C10H12ClN5S/c11-10-15-8(7-9(16-10)14-5-13-7)12-3-6-1-2-17-4-6/h5-6H,1-4H2,(H2,12,13,14,15,16). The number of aromatic amines is 1. The summed E-state index contributed by atoms with van der Waals surface area (Å²) in [6.07, 6.45) is 2.87. The van der Waals surface area contributed by atoms with Gasteiger partial charge in [-0.05, 0) is 35.4 Å². The van der Waals surface area contributed by atoms with Crippen molar-refractivity contribution in [2.45, 2.75) is 6.42 Å². The maximum atomic E-state index is 5.86. The predicted molar refractivity (Wildman–Crippen MR) is 70.6 cm³/mol. The van der Waals surface area contributed by atoms with E-state index in [2.05, 4.69) is 25.3 Å². The number of thioether (sulfide) groups is 1. The lowest BCUT2D eigenvalue weighted by Gasteiger charge is -2.10. The lowest BCUT2D eigenvalue weighted by atomic mass is 10.1. The Hall–Kier alpha value is -1.01. The van der Waals surface area contributed by atoms with E-state index in [0.29, 0.717) is 11.6 Å². The third-order valence-corrected chi connectivity index (χ3v) is 4.24. The van der Waals surface area contributed by atoms with Crippen LogP contribution in [0, 0.1) is 5.92 Å². The van der Waals surface area contributed by atoms with Crippen LogP contribution >= 0.6 is 23.4 Å². The number of anilines is 1. The minimum atomic E-state index is 0.230. The zero-order chi connectivity index (χ0) is 11.7. The quantitative estimate of drug-likeness (QED) is 0.836. The Labute approximate surface area is 108 Å². The van der Waals surface area contributed by atoms with Gasteiger partial charge < -0.3 is 10.3 Å². The number of imidazole rings is 1. The first-order valence-corrected chi connectivity index (χ1v) is 7.04. The van der Waals surface area contributed by atoms with E-state index in [1.54, 1.807) is 6.33 Å². The van der Waals surface area contributed by atoms with Crippen molar-refractivity contribution in [3.63, 3.8) is 0 Å². The fourth-order valence-corrected chi connectivity index (χ4v) is 3.37. The molecule has 0 aromatic carbocycles. The van der Waals surface area contributed by atoms with Crippen molar-refractivity contribution in [3.8, 4) is 0 Å². The molecule has 1 unspecified atom stereocenters. The Morgan fingerprint density at radius 1 is 1.53 bits per heavy atom. The van der Waals surface area contributed by atoms with Crippen LogP contribution in [-0.4, -0.2) is 38.0 Å². The molecule has 1 atom stereocenters. The van der Waals surface area contributed by atoms with E-state index in [1.165, 1.54) is 17.9 Å². The summed E-state index contributed by atoms with van der Waals surface area (Å²) in [6, 6.07) is 0. The maximum absolute atomic E-state index is 5.86. The Morgan fingerprint density at radius 3 is 3.29 bits per heavy atom. The molecular weight excluding hydrogens is 258 g/mol. The van der Waals surface area contributed by atoms with Crippen molar-refractivity contribution in [1.29, 1.82) is 0 Å². The van der Waals surface area contributed by atoms with E-state index in [1.807, 2.05) is 11.8 Å². The highest BCUT2D eigenvalue weighted by Gasteiger charge is 2.16. The van der Waals surface area contributed by atoms with Gasteiger partial charge in [0.1, 0.15) is 5.52 Å². The van der Waals surface area contributed by atoms with E-state index in [0.717, 1.165) is 17.9 Å². The molecular formula is C10H12ClN5S. The van der Waals surface area contributed by atoms with Crippen LogP contribution in [0.4, 0.5) is 5.82 Å². The third kappa shape index (κ3) is 2.32. The number of nitrogens with one attached hydrogen (secondary N) is 2. The molecule has 0 bridgehead atoms. The number of hydrogen-bond acceptors (Lipinski definition) is 5. The zero-order valence-electron chi connectivity index (χ0n) is 9.11. The molecule has 1 saturated heterocycles. The van der Waals surface area contributed by atoms with Gasteiger partial charge in [-0.15, -0.1) is 0 Å². The molecule has 3 heterocycles. The summed E-state index contributed by atoms with van der Waals surface area (Å²) in [5, 5.41) is 3.57. The van der Waals surface area contributed by atoms with Crippen LogP contribution in [0.1, 0.15) is 6.42 Å². The first kappa shape index (κ1) is 11.1. The Bertz CT molecular complexity index is 522. The van der Waals surface area contributed by atoms with Gasteiger partial charge in [-0.2, -0.15) is 21.7 Å². The molecule has 5 nitrogen and oxygen atoms in total. The van der Waals surface area contributed by atoms with Gasteiger partial charge >= 0.3 is 0 Å². The fourth-order valence-electron chi connectivity index (χ4n) is 1.92. The molecule has 0 saturated carbocycles. The van der Waals surface area contributed by atoms with Crippen LogP contribution in [0.2, 0.25) is 5.28 Å². The fraction of sp³-hybridized carbons (Fsp3) is 0.500. The van der Waals surface area contributed by atoms with Gasteiger partial charge in [-0.3, -0.25) is 0 Å². The summed E-state index contributed by atoms with van der Waals surface area (Å²) >= 11 is 7.86. The Morgan fingerprint density at radius 2 is 2.47 bits per heavy atom. The van der Waals surface area contributed by atoms with Crippen molar-refractivity contribution in [1.82, 2.24) is 19.9 Å². The maximum Gasteiger partial charge on any atom is 0.226 e. The number of hydrogen-bond donors (Lipinski definition) is 2. The van der Waals surface area contributed by atoms with Crippen LogP contribution in [0.25, 0.3) is 11.2 Å². The Balaban J connectivity index is 1.81. The highest BCUT2D eigenvalue weighted by atomic mass is 35.5. The zero-order valence-corrected chi connectivity index (χ0v) is 10.7. The van der Waals surface area contributed by atoms with Gasteiger partial charge in [0.25, 0.3) is 0 Å². The molecule has 1 fully saturated rings. The van der Waals surface area contributed by atoms with Crippen LogP contribution in [-0.2, 0) is 0 Å². The third-order valence-electron chi connectivity index (χ3n) is 2.84. The molecule has 0 aliphatic carbocycles. The molecule has 3 rings (SSSR count). The number of nitrogens with zero attached hydrogens (tertiary/aromatic N) is 3. The molecule has 17 heavy (non-hydrogen) atoms. The molecule has 7 heteroatoms. The normalized spacial score (nSPS) is 19.9. The lowest BCUT2D eigenvalue weighted by molar-refractivity contribution is 0.631. The van der Waals surface area contributed by atoms with Crippen LogP contribution in [0.15, 0.2) is 6.33 Å². The molecule has 2 N–H and O–H groups in total. The number of rotatable bonds is 3. The van der Waals surface area contributed by atoms with E-state index < -0.39 is 0 Å². The molecule has 90 valence electrons. The van der Waals surface area contributed by atoms with Crippen LogP contribution in [0.5, 0.6) is 0 Å².